The molecule has 0 atom stereocenters. The molecule has 0 saturated heterocycles. The Hall–Kier alpha value is -4.98. The molecule has 1 heterocycles. The van der Waals surface area contributed by atoms with Crippen molar-refractivity contribution >= 4 is 17.6 Å². The van der Waals surface area contributed by atoms with E-state index in [-0.39, 0.29) is 0 Å². The van der Waals surface area contributed by atoms with Gasteiger partial charge in [-0.2, -0.15) is 4.98 Å². The van der Waals surface area contributed by atoms with Gasteiger partial charge in [-0.1, -0.05) is 48.5 Å². The van der Waals surface area contributed by atoms with Gasteiger partial charge in [-0.15, -0.1) is 5.10 Å². The van der Waals surface area contributed by atoms with E-state index in [4.69, 9.17) is 24.3 Å². The Morgan fingerprint density at radius 1 is 0.667 bits per heavy atom. The van der Waals surface area contributed by atoms with E-state index in [1.165, 1.54) is 11.1 Å². The second kappa shape index (κ2) is 13.1. The van der Waals surface area contributed by atoms with E-state index >= 15 is 0 Å². The van der Waals surface area contributed by atoms with Crippen molar-refractivity contribution in [1.82, 2.24) is 14.8 Å². The van der Waals surface area contributed by atoms with Crippen LogP contribution in [0.25, 0.3) is 0 Å². The van der Waals surface area contributed by atoms with Crippen LogP contribution in [0.4, 0.5) is 17.6 Å². The summed E-state index contributed by atoms with van der Waals surface area (Å²) in [6, 6.07) is 30.5. The predicted octanol–water partition coefficient (Wildman–Crippen LogP) is 6.92. The highest BCUT2D eigenvalue weighted by atomic mass is 16.5. The zero-order valence-electron chi connectivity index (χ0n) is 24.8. The van der Waals surface area contributed by atoms with Crippen molar-refractivity contribution in [3.8, 4) is 17.2 Å². The maximum absolute atomic E-state index is 5.39. The molecule has 5 aromatic rings. The molecule has 0 bridgehead atoms. The van der Waals surface area contributed by atoms with Gasteiger partial charge < -0.3 is 24.4 Å². The maximum atomic E-state index is 5.39. The SMILES string of the molecule is COc1ccc(CN(Cc2ccc(OC)cc2)c2nc(Nc3cccc(C)c3C)nn2Cc2ccc(OC)cc2)cc1. The molecule has 0 aliphatic heterocycles. The van der Waals surface area contributed by atoms with Gasteiger partial charge in [0.05, 0.1) is 27.9 Å². The summed E-state index contributed by atoms with van der Waals surface area (Å²) in [5.41, 5.74) is 6.71. The lowest BCUT2D eigenvalue weighted by Crippen LogP contribution is -2.26. The van der Waals surface area contributed by atoms with E-state index in [9.17, 15) is 0 Å². The summed E-state index contributed by atoms with van der Waals surface area (Å²) in [6.45, 7) is 6.00. The summed E-state index contributed by atoms with van der Waals surface area (Å²) in [5, 5.41) is 8.42. The standard InChI is InChI=1S/C34H37N5O3/c1-24-7-6-8-32(25(24)2)35-33-36-34(39(37-33)23-28-13-19-31(42-5)20-14-28)38(21-26-9-15-29(40-3)16-10-26)22-27-11-17-30(41-4)18-12-27/h6-20H,21-23H2,1-5H3,(H,35,37). The lowest BCUT2D eigenvalue weighted by molar-refractivity contribution is 0.414. The van der Waals surface area contributed by atoms with Crippen molar-refractivity contribution in [3.63, 3.8) is 0 Å². The van der Waals surface area contributed by atoms with Crippen LogP contribution in [0.1, 0.15) is 27.8 Å². The molecular formula is C34H37N5O3. The fourth-order valence-corrected chi connectivity index (χ4v) is 4.74. The number of hydrogen-bond donors (Lipinski definition) is 1. The predicted molar refractivity (Wildman–Crippen MR) is 167 cm³/mol. The Morgan fingerprint density at radius 3 is 1.67 bits per heavy atom. The number of nitrogens with zero attached hydrogens (tertiary/aromatic N) is 4. The third-order valence-electron chi connectivity index (χ3n) is 7.34. The topological polar surface area (TPSA) is 73.7 Å². The van der Waals surface area contributed by atoms with E-state index in [2.05, 4.69) is 72.6 Å². The second-order valence-corrected chi connectivity index (χ2v) is 10.2. The molecule has 0 fully saturated rings. The number of benzene rings is 4. The third-order valence-corrected chi connectivity index (χ3v) is 7.34. The average molecular weight is 564 g/mol. The van der Waals surface area contributed by atoms with Gasteiger partial charge in [0.1, 0.15) is 17.2 Å². The molecule has 0 amide bonds. The Labute approximate surface area is 247 Å². The van der Waals surface area contributed by atoms with Crippen molar-refractivity contribution in [1.29, 1.82) is 0 Å². The number of hydrogen-bond acceptors (Lipinski definition) is 7. The molecule has 0 spiro atoms. The minimum atomic E-state index is 0.543. The summed E-state index contributed by atoms with van der Waals surface area (Å²) in [5.74, 6) is 3.76. The van der Waals surface area contributed by atoms with Gasteiger partial charge in [0.2, 0.25) is 11.9 Å². The van der Waals surface area contributed by atoms with E-state index in [1.54, 1.807) is 21.3 Å². The van der Waals surface area contributed by atoms with E-state index in [1.807, 2.05) is 47.1 Å². The number of nitrogens with one attached hydrogen (secondary N) is 1. The van der Waals surface area contributed by atoms with Crippen LogP contribution >= 0.6 is 0 Å². The van der Waals surface area contributed by atoms with Gasteiger partial charge >= 0.3 is 0 Å². The minimum Gasteiger partial charge on any atom is -0.497 e. The number of rotatable bonds is 12. The number of aryl methyl sites for hydroxylation is 1. The average Bonchev–Trinajstić information content (AvgIpc) is 3.42. The molecule has 0 aliphatic carbocycles. The molecule has 5 rings (SSSR count). The van der Waals surface area contributed by atoms with E-state index in [0.717, 1.165) is 45.6 Å². The van der Waals surface area contributed by atoms with Crippen LogP contribution in [0.15, 0.2) is 91.0 Å². The lowest BCUT2D eigenvalue weighted by Gasteiger charge is -2.24. The first-order valence-electron chi connectivity index (χ1n) is 13.9. The maximum Gasteiger partial charge on any atom is 0.248 e. The molecule has 8 nitrogen and oxygen atoms in total. The molecule has 0 unspecified atom stereocenters. The number of methoxy groups -OCH3 is 3. The fourth-order valence-electron chi connectivity index (χ4n) is 4.74. The summed E-state index contributed by atoms with van der Waals surface area (Å²) in [7, 11) is 5.03. The summed E-state index contributed by atoms with van der Waals surface area (Å²) < 4.78 is 18.1. The highest BCUT2D eigenvalue weighted by Gasteiger charge is 2.20. The molecule has 8 heteroatoms. The molecule has 0 radical (unpaired) electrons. The molecule has 0 aliphatic rings. The van der Waals surface area contributed by atoms with Crippen LogP contribution in [0.5, 0.6) is 17.2 Å². The number of aromatic nitrogens is 3. The third kappa shape index (κ3) is 6.83. The van der Waals surface area contributed by atoms with Crippen LogP contribution in [-0.4, -0.2) is 36.1 Å². The van der Waals surface area contributed by atoms with Gasteiger partial charge in [-0.05, 0) is 84.1 Å². The first-order chi connectivity index (χ1) is 20.4. The van der Waals surface area contributed by atoms with Crippen LogP contribution in [0.2, 0.25) is 0 Å². The molecule has 4 aromatic carbocycles. The Bertz CT molecular complexity index is 1550. The minimum absolute atomic E-state index is 0.543. The Kier molecular flexibility index (Phi) is 8.92. The van der Waals surface area contributed by atoms with Crippen LogP contribution in [0.3, 0.4) is 0 Å². The molecular weight excluding hydrogens is 526 g/mol. The molecule has 1 aromatic heterocycles. The Balaban J connectivity index is 1.54. The van der Waals surface area contributed by atoms with Gasteiger partial charge in [-0.25, -0.2) is 4.68 Å². The molecule has 0 saturated carbocycles. The Morgan fingerprint density at radius 2 is 1.17 bits per heavy atom. The van der Waals surface area contributed by atoms with Crippen LogP contribution in [-0.2, 0) is 19.6 Å². The normalized spacial score (nSPS) is 10.8. The summed E-state index contributed by atoms with van der Waals surface area (Å²) >= 11 is 0. The van der Waals surface area contributed by atoms with Crippen molar-refractivity contribution in [2.45, 2.75) is 33.5 Å². The quantitative estimate of drug-likeness (QED) is 0.177. The monoisotopic (exact) mass is 563 g/mol. The van der Waals surface area contributed by atoms with Crippen molar-refractivity contribution in [2.24, 2.45) is 0 Å². The largest absolute Gasteiger partial charge is 0.497 e. The van der Waals surface area contributed by atoms with Gasteiger partial charge in [0, 0.05) is 18.8 Å². The van der Waals surface area contributed by atoms with Crippen molar-refractivity contribution < 1.29 is 14.2 Å². The number of ether oxygens (including phenoxy) is 3. The van der Waals surface area contributed by atoms with E-state index in [0.29, 0.717) is 25.6 Å². The van der Waals surface area contributed by atoms with Crippen molar-refractivity contribution in [2.75, 3.05) is 31.5 Å². The zero-order chi connectivity index (χ0) is 29.5. The zero-order valence-corrected chi connectivity index (χ0v) is 24.8. The van der Waals surface area contributed by atoms with Crippen LogP contribution < -0.4 is 24.4 Å². The number of anilines is 3. The van der Waals surface area contributed by atoms with Gasteiger partial charge in [-0.3, -0.25) is 0 Å². The second-order valence-electron chi connectivity index (χ2n) is 10.2. The first kappa shape index (κ1) is 28.5. The summed E-state index contributed by atoms with van der Waals surface area (Å²) in [6.07, 6.45) is 0. The smallest absolute Gasteiger partial charge is 0.248 e. The lowest BCUT2D eigenvalue weighted by atomic mass is 10.1. The summed E-state index contributed by atoms with van der Waals surface area (Å²) in [4.78, 5) is 7.30. The highest BCUT2D eigenvalue weighted by molar-refractivity contribution is 5.61. The molecule has 1 N–H and O–H groups in total. The van der Waals surface area contributed by atoms with Crippen molar-refractivity contribution in [3.05, 3.63) is 119 Å². The first-order valence-corrected chi connectivity index (χ1v) is 13.9. The molecule has 216 valence electrons. The molecule has 42 heavy (non-hydrogen) atoms. The van der Waals surface area contributed by atoms with Crippen LogP contribution in [0, 0.1) is 13.8 Å². The van der Waals surface area contributed by atoms with E-state index < -0.39 is 0 Å². The van der Waals surface area contributed by atoms with Gasteiger partial charge in [0.25, 0.3) is 0 Å². The fraction of sp³-hybridized carbons (Fsp3) is 0.235. The van der Waals surface area contributed by atoms with Gasteiger partial charge in [0.15, 0.2) is 0 Å². The highest BCUT2D eigenvalue weighted by Crippen LogP contribution is 2.27.